The van der Waals surface area contributed by atoms with Crippen LogP contribution in [-0.4, -0.2) is 24.6 Å². The average Bonchev–Trinajstić information content (AvgIpc) is 2.24. The molecular weight excluding hydrogens is 202 g/mol. The summed E-state index contributed by atoms with van der Waals surface area (Å²) in [6.45, 7) is 5.87. The van der Waals surface area contributed by atoms with Gasteiger partial charge in [-0.1, -0.05) is 26.7 Å². The van der Waals surface area contributed by atoms with E-state index in [1.54, 1.807) is 0 Å². The van der Waals surface area contributed by atoms with Crippen molar-refractivity contribution in [1.82, 2.24) is 5.32 Å². The van der Waals surface area contributed by atoms with Gasteiger partial charge in [0.05, 0.1) is 0 Å². The SMILES string of the molecule is CCCNC(CSC)C1CCCC(C)C1. The molecule has 0 heterocycles. The largest absolute Gasteiger partial charge is 0.313 e. The number of hydrogen-bond donors (Lipinski definition) is 1. The molecule has 2 heteroatoms. The number of thioether (sulfide) groups is 1. The molecule has 0 aromatic rings. The standard InChI is InChI=1S/C13H27NS/c1-4-8-14-13(10-15-3)12-7-5-6-11(2)9-12/h11-14H,4-10H2,1-3H3. The highest BCUT2D eigenvalue weighted by Crippen LogP contribution is 2.31. The lowest BCUT2D eigenvalue weighted by molar-refractivity contribution is 0.234. The fourth-order valence-electron chi connectivity index (χ4n) is 2.72. The zero-order chi connectivity index (χ0) is 11.1. The first-order valence-corrected chi connectivity index (χ1v) is 7.89. The third-order valence-electron chi connectivity index (χ3n) is 3.55. The van der Waals surface area contributed by atoms with Crippen LogP contribution in [0.25, 0.3) is 0 Å². The van der Waals surface area contributed by atoms with Gasteiger partial charge in [-0.2, -0.15) is 11.8 Å². The van der Waals surface area contributed by atoms with Gasteiger partial charge in [0, 0.05) is 11.8 Å². The van der Waals surface area contributed by atoms with Gasteiger partial charge >= 0.3 is 0 Å². The molecule has 0 radical (unpaired) electrons. The molecule has 0 amide bonds. The predicted molar refractivity (Wildman–Crippen MR) is 71.6 cm³/mol. The highest BCUT2D eigenvalue weighted by Gasteiger charge is 2.25. The quantitative estimate of drug-likeness (QED) is 0.747. The van der Waals surface area contributed by atoms with Crippen LogP contribution in [0, 0.1) is 11.8 Å². The Balaban J connectivity index is 2.38. The first kappa shape index (κ1) is 13.4. The highest BCUT2D eigenvalue weighted by molar-refractivity contribution is 7.98. The summed E-state index contributed by atoms with van der Waals surface area (Å²) in [6.07, 6.45) is 9.29. The molecular formula is C13H27NS. The van der Waals surface area contributed by atoms with Gasteiger partial charge in [-0.25, -0.2) is 0 Å². The molecule has 0 aromatic heterocycles. The molecule has 3 unspecified atom stereocenters. The van der Waals surface area contributed by atoms with E-state index in [-0.39, 0.29) is 0 Å². The van der Waals surface area contributed by atoms with E-state index in [0.717, 1.165) is 17.9 Å². The van der Waals surface area contributed by atoms with Crippen molar-refractivity contribution < 1.29 is 0 Å². The van der Waals surface area contributed by atoms with Crippen LogP contribution in [0.4, 0.5) is 0 Å². The summed E-state index contributed by atoms with van der Waals surface area (Å²) in [5, 5.41) is 3.74. The van der Waals surface area contributed by atoms with Crippen molar-refractivity contribution in [2.24, 2.45) is 11.8 Å². The van der Waals surface area contributed by atoms with Crippen molar-refractivity contribution in [1.29, 1.82) is 0 Å². The van der Waals surface area contributed by atoms with Gasteiger partial charge in [0.15, 0.2) is 0 Å². The zero-order valence-corrected chi connectivity index (χ0v) is 11.4. The first-order valence-electron chi connectivity index (χ1n) is 6.50. The molecule has 90 valence electrons. The van der Waals surface area contributed by atoms with Crippen LogP contribution in [0.2, 0.25) is 0 Å². The molecule has 1 aliphatic carbocycles. The lowest BCUT2D eigenvalue weighted by Gasteiger charge is -2.33. The summed E-state index contributed by atoms with van der Waals surface area (Å²) in [7, 11) is 0. The van der Waals surface area contributed by atoms with Gasteiger partial charge < -0.3 is 5.32 Å². The molecule has 1 rings (SSSR count). The van der Waals surface area contributed by atoms with E-state index >= 15 is 0 Å². The minimum absolute atomic E-state index is 0.766. The Morgan fingerprint density at radius 3 is 2.80 bits per heavy atom. The lowest BCUT2D eigenvalue weighted by atomic mass is 9.79. The normalized spacial score (nSPS) is 29.0. The Morgan fingerprint density at radius 1 is 1.40 bits per heavy atom. The van der Waals surface area contributed by atoms with Crippen molar-refractivity contribution >= 4 is 11.8 Å². The smallest absolute Gasteiger partial charge is 0.0186 e. The summed E-state index contributed by atoms with van der Waals surface area (Å²) in [5.41, 5.74) is 0. The fourth-order valence-corrected chi connectivity index (χ4v) is 3.47. The Morgan fingerprint density at radius 2 is 2.20 bits per heavy atom. The Hall–Kier alpha value is 0.310. The molecule has 0 bridgehead atoms. The van der Waals surface area contributed by atoms with Crippen LogP contribution in [0.15, 0.2) is 0 Å². The van der Waals surface area contributed by atoms with E-state index in [1.165, 1.54) is 44.4 Å². The molecule has 0 aliphatic heterocycles. The molecule has 1 fully saturated rings. The Labute approximate surface area is 99.8 Å². The third kappa shape index (κ3) is 4.78. The maximum absolute atomic E-state index is 3.74. The minimum atomic E-state index is 0.766. The van der Waals surface area contributed by atoms with Crippen molar-refractivity contribution in [3.63, 3.8) is 0 Å². The Kier molecular flexibility index (Phi) is 6.74. The zero-order valence-electron chi connectivity index (χ0n) is 10.6. The van der Waals surface area contributed by atoms with Crippen LogP contribution in [-0.2, 0) is 0 Å². The summed E-state index contributed by atoms with van der Waals surface area (Å²) in [6, 6.07) is 0.766. The van der Waals surface area contributed by atoms with E-state index in [9.17, 15) is 0 Å². The number of rotatable bonds is 6. The van der Waals surface area contributed by atoms with Gasteiger partial charge in [-0.05, 0) is 43.9 Å². The monoisotopic (exact) mass is 229 g/mol. The summed E-state index contributed by atoms with van der Waals surface area (Å²) < 4.78 is 0. The molecule has 0 aromatic carbocycles. The van der Waals surface area contributed by atoms with Crippen molar-refractivity contribution in [2.45, 2.75) is 52.0 Å². The van der Waals surface area contributed by atoms with Crippen molar-refractivity contribution in [2.75, 3.05) is 18.6 Å². The topological polar surface area (TPSA) is 12.0 Å². The average molecular weight is 229 g/mol. The lowest BCUT2D eigenvalue weighted by Crippen LogP contribution is -2.40. The second-order valence-electron chi connectivity index (χ2n) is 5.05. The predicted octanol–water partition coefficient (Wildman–Crippen LogP) is 3.54. The van der Waals surface area contributed by atoms with Crippen molar-refractivity contribution in [3.8, 4) is 0 Å². The van der Waals surface area contributed by atoms with Crippen LogP contribution >= 0.6 is 11.8 Å². The maximum Gasteiger partial charge on any atom is 0.0186 e. The molecule has 1 aliphatic rings. The van der Waals surface area contributed by atoms with E-state index < -0.39 is 0 Å². The third-order valence-corrected chi connectivity index (χ3v) is 4.24. The van der Waals surface area contributed by atoms with Crippen molar-refractivity contribution in [3.05, 3.63) is 0 Å². The van der Waals surface area contributed by atoms with Gasteiger partial charge in [-0.15, -0.1) is 0 Å². The van der Waals surface area contributed by atoms with Gasteiger partial charge in [0.2, 0.25) is 0 Å². The number of hydrogen-bond acceptors (Lipinski definition) is 2. The minimum Gasteiger partial charge on any atom is -0.313 e. The highest BCUT2D eigenvalue weighted by atomic mass is 32.2. The van der Waals surface area contributed by atoms with E-state index in [2.05, 4.69) is 25.4 Å². The maximum atomic E-state index is 3.74. The second-order valence-corrected chi connectivity index (χ2v) is 5.96. The van der Waals surface area contributed by atoms with Crippen LogP contribution in [0.5, 0.6) is 0 Å². The Bertz CT molecular complexity index is 161. The molecule has 3 atom stereocenters. The van der Waals surface area contributed by atoms with Crippen LogP contribution in [0.3, 0.4) is 0 Å². The van der Waals surface area contributed by atoms with E-state index in [1.807, 2.05) is 11.8 Å². The van der Waals surface area contributed by atoms with Gasteiger partial charge in [0.1, 0.15) is 0 Å². The second kappa shape index (κ2) is 7.56. The van der Waals surface area contributed by atoms with Gasteiger partial charge in [-0.3, -0.25) is 0 Å². The molecule has 1 saturated carbocycles. The van der Waals surface area contributed by atoms with E-state index in [4.69, 9.17) is 0 Å². The van der Waals surface area contributed by atoms with E-state index in [0.29, 0.717) is 0 Å². The summed E-state index contributed by atoms with van der Waals surface area (Å²) in [4.78, 5) is 0. The molecule has 0 spiro atoms. The molecule has 1 N–H and O–H groups in total. The fraction of sp³-hybridized carbons (Fsp3) is 1.00. The molecule has 15 heavy (non-hydrogen) atoms. The molecule has 0 saturated heterocycles. The first-order chi connectivity index (χ1) is 7.27. The summed E-state index contributed by atoms with van der Waals surface area (Å²) >= 11 is 1.99. The summed E-state index contributed by atoms with van der Waals surface area (Å²) in [5.74, 6) is 3.18. The van der Waals surface area contributed by atoms with Gasteiger partial charge in [0.25, 0.3) is 0 Å². The van der Waals surface area contributed by atoms with Crippen LogP contribution in [0.1, 0.15) is 46.0 Å². The van der Waals surface area contributed by atoms with Crippen LogP contribution < -0.4 is 5.32 Å². The number of nitrogens with one attached hydrogen (secondary N) is 1. The molecule has 1 nitrogen and oxygen atoms in total.